The lowest BCUT2D eigenvalue weighted by Crippen LogP contribution is -2.43. The van der Waals surface area contributed by atoms with Gasteiger partial charge in [-0.05, 0) is 44.2 Å². The Bertz CT molecular complexity index is 1260. The van der Waals surface area contributed by atoms with E-state index in [1.54, 1.807) is 0 Å². The van der Waals surface area contributed by atoms with Crippen LogP contribution in [0.15, 0.2) is 35.4 Å². The van der Waals surface area contributed by atoms with Gasteiger partial charge in [0.15, 0.2) is 10.8 Å². The van der Waals surface area contributed by atoms with Crippen LogP contribution in [-0.2, 0) is 16.1 Å². The average molecular weight is 467 g/mol. The van der Waals surface area contributed by atoms with Crippen LogP contribution in [0.1, 0.15) is 31.2 Å². The fraction of sp³-hybridized carbons (Fsp3) is 0.435. The van der Waals surface area contributed by atoms with Crippen molar-refractivity contribution in [2.24, 2.45) is 5.92 Å². The predicted molar refractivity (Wildman–Crippen MR) is 128 cm³/mol. The number of aromatic nitrogens is 3. The molecule has 1 aliphatic heterocycles. The highest BCUT2D eigenvalue weighted by atomic mass is 32.1. The first-order valence-corrected chi connectivity index (χ1v) is 12.1. The maximum absolute atomic E-state index is 13.0. The number of amides is 2. The highest BCUT2D eigenvalue weighted by Gasteiger charge is 2.31. The molecule has 1 atom stereocenters. The van der Waals surface area contributed by atoms with Crippen LogP contribution in [0.4, 0.5) is 10.8 Å². The maximum atomic E-state index is 13.0. The summed E-state index contributed by atoms with van der Waals surface area (Å²) < 4.78 is 1.72. The number of nitrogens with one attached hydrogen (secondary N) is 2. The molecule has 1 saturated carbocycles. The summed E-state index contributed by atoms with van der Waals surface area (Å²) in [5.74, 6) is -0.248. The number of aryl methyl sites for hydroxylation is 1. The molecule has 5 rings (SSSR count). The standard InChI is InChI=1S/C23H26N6O3S/c1-14-5-2-3-7-17(14)26-18(30)12-29-13-24-20-19(22(29)32)33-23(27-20)28-10-4-6-15(11-28)21(31)25-16-8-9-16/h2-3,5,7,13,15-16H,4,6,8-12H2,1H3,(H,25,31)(H,26,30)/t15-/m1/s1. The van der Waals surface area contributed by atoms with Gasteiger partial charge in [0.05, 0.1) is 5.92 Å². The fourth-order valence-electron chi connectivity index (χ4n) is 4.05. The number of rotatable bonds is 6. The van der Waals surface area contributed by atoms with Crippen molar-refractivity contribution in [3.63, 3.8) is 0 Å². The van der Waals surface area contributed by atoms with Crippen LogP contribution in [0.3, 0.4) is 0 Å². The van der Waals surface area contributed by atoms with Crippen LogP contribution < -0.4 is 21.1 Å². The lowest BCUT2D eigenvalue weighted by atomic mass is 9.97. The van der Waals surface area contributed by atoms with E-state index in [1.165, 1.54) is 22.2 Å². The topological polar surface area (TPSA) is 109 Å². The molecule has 0 bridgehead atoms. The van der Waals surface area contributed by atoms with Gasteiger partial charge in [-0.3, -0.25) is 19.0 Å². The zero-order valence-corrected chi connectivity index (χ0v) is 19.2. The van der Waals surface area contributed by atoms with E-state index >= 15 is 0 Å². The first-order chi connectivity index (χ1) is 16.0. The second kappa shape index (κ2) is 8.93. The zero-order valence-electron chi connectivity index (χ0n) is 18.4. The van der Waals surface area contributed by atoms with Crippen LogP contribution in [-0.4, -0.2) is 45.5 Å². The number of carbonyl (C=O) groups excluding carboxylic acids is 2. The molecule has 172 valence electrons. The third kappa shape index (κ3) is 4.75. The number of nitrogens with zero attached hydrogens (tertiary/aromatic N) is 4. The van der Waals surface area contributed by atoms with Crippen molar-refractivity contribution < 1.29 is 9.59 Å². The Labute approximate surface area is 194 Å². The predicted octanol–water partition coefficient (Wildman–Crippen LogP) is 2.30. The number of benzene rings is 1. The van der Waals surface area contributed by atoms with Gasteiger partial charge < -0.3 is 15.5 Å². The monoisotopic (exact) mass is 466 g/mol. The van der Waals surface area contributed by atoms with E-state index in [4.69, 9.17) is 0 Å². The minimum absolute atomic E-state index is 0.0684. The lowest BCUT2D eigenvalue weighted by Gasteiger charge is -2.31. The smallest absolute Gasteiger partial charge is 0.273 e. The molecule has 0 unspecified atom stereocenters. The van der Waals surface area contributed by atoms with Gasteiger partial charge in [-0.15, -0.1) is 0 Å². The van der Waals surface area contributed by atoms with Crippen LogP contribution in [0.5, 0.6) is 0 Å². The summed E-state index contributed by atoms with van der Waals surface area (Å²) in [6.45, 7) is 3.16. The summed E-state index contributed by atoms with van der Waals surface area (Å²) >= 11 is 1.27. The molecule has 33 heavy (non-hydrogen) atoms. The maximum Gasteiger partial charge on any atom is 0.273 e. The highest BCUT2D eigenvalue weighted by molar-refractivity contribution is 7.22. The third-order valence-corrected chi connectivity index (χ3v) is 7.19. The van der Waals surface area contributed by atoms with E-state index < -0.39 is 0 Å². The summed E-state index contributed by atoms with van der Waals surface area (Å²) in [5.41, 5.74) is 1.75. The molecule has 2 aliphatic rings. The Morgan fingerprint density at radius 2 is 2.03 bits per heavy atom. The molecule has 3 heterocycles. The average Bonchev–Trinajstić information content (AvgIpc) is 3.51. The Morgan fingerprint density at radius 1 is 1.21 bits per heavy atom. The molecule has 0 radical (unpaired) electrons. The summed E-state index contributed by atoms with van der Waals surface area (Å²) in [7, 11) is 0. The molecule has 3 aromatic rings. The zero-order chi connectivity index (χ0) is 22.9. The summed E-state index contributed by atoms with van der Waals surface area (Å²) in [6.07, 6.45) is 5.27. The number of para-hydroxylation sites is 1. The first-order valence-electron chi connectivity index (χ1n) is 11.2. The summed E-state index contributed by atoms with van der Waals surface area (Å²) in [4.78, 5) is 48.9. The van der Waals surface area contributed by atoms with E-state index in [0.717, 1.165) is 43.5 Å². The molecule has 9 nitrogen and oxygen atoms in total. The third-order valence-electron chi connectivity index (χ3n) is 6.09. The molecule has 1 saturated heterocycles. The fourth-order valence-corrected chi connectivity index (χ4v) is 5.06. The van der Waals surface area contributed by atoms with Crippen molar-refractivity contribution in [1.29, 1.82) is 0 Å². The van der Waals surface area contributed by atoms with E-state index in [2.05, 4.69) is 25.5 Å². The molecule has 10 heteroatoms. The largest absolute Gasteiger partial charge is 0.353 e. The summed E-state index contributed by atoms with van der Waals surface area (Å²) in [5, 5.41) is 6.63. The van der Waals surface area contributed by atoms with Crippen molar-refractivity contribution in [1.82, 2.24) is 19.9 Å². The van der Waals surface area contributed by atoms with E-state index in [1.807, 2.05) is 31.2 Å². The SMILES string of the molecule is Cc1ccccc1NC(=O)Cn1cnc2nc(N3CCC[C@@H](C(=O)NC4CC4)C3)sc2c1=O. The number of anilines is 2. The number of hydrogen-bond donors (Lipinski definition) is 2. The minimum atomic E-state index is -0.294. The Hall–Kier alpha value is -3.27. The summed E-state index contributed by atoms with van der Waals surface area (Å²) in [6, 6.07) is 7.83. The van der Waals surface area contributed by atoms with Crippen molar-refractivity contribution >= 4 is 44.3 Å². The number of fused-ring (bicyclic) bond motifs is 1. The van der Waals surface area contributed by atoms with Crippen molar-refractivity contribution in [2.45, 2.75) is 45.2 Å². The van der Waals surface area contributed by atoms with Crippen LogP contribution >= 0.6 is 11.3 Å². The number of hydrogen-bond acceptors (Lipinski definition) is 7. The molecule has 1 aromatic carbocycles. The number of piperidine rings is 1. The second-order valence-electron chi connectivity index (χ2n) is 8.76. The molecular formula is C23H26N6O3S. The van der Waals surface area contributed by atoms with Crippen molar-refractivity contribution in [3.05, 3.63) is 46.5 Å². The molecule has 2 fully saturated rings. The van der Waals surface area contributed by atoms with Gasteiger partial charge >= 0.3 is 0 Å². The van der Waals surface area contributed by atoms with Gasteiger partial charge in [0.1, 0.15) is 17.6 Å². The van der Waals surface area contributed by atoms with Gasteiger partial charge in [-0.25, -0.2) is 4.98 Å². The van der Waals surface area contributed by atoms with E-state index in [0.29, 0.717) is 28.1 Å². The normalized spacial score (nSPS) is 18.3. The van der Waals surface area contributed by atoms with Crippen molar-refractivity contribution in [3.8, 4) is 0 Å². The quantitative estimate of drug-likeness (QED) is 0.577. The van der Waals surface area contributed by atoms with E-state index in [-0.39, 0.29) is 29.8 Å². The van der Waals surface area contributed by atoms with Gasteiger partial charge in [0, 0.05) is 24.8 Å². The Balaban J connectivity index is 1.31. The highest BCUT2D eigenvalue weighted by Crippen LogP contribution is 2.30. The molecule has 1 aliphatic carbocycles. The van der Waals surface area contributed by atoms with Gasteiger partial charge in [-0.2, -0.15) is 4.98 Å². The molecule has 2 aromatic heterocycles. The van der Waals surface area contributed by atoms with Gasteiger partial charge in [-0.1, -0.05) is 29.5 Å². The minimum Gasteiger partial charge on any atom is -0.353 e. The second-order valence-corrected chi connectivity index (χ2v) is 9.74. The molecule has 2 N–H and O–H groups in total. The molecule has 2 amide bonds. The number of thiazole rings is 1. The van der Waals surface area contributed by atoms with Crippen LogP contribution in [0, 0.1) is 12.8 Å². The Morgan fingerprint density at radius 3 is 2.82 bits per heavy atom. The molecular weight excluding hydrogens is 440 g/mol. The first kappa shape index (κ1) is 21.6. The van der Waals surface area contributed by atoms with Gasteiger partial charge in [0.2, 0.25) is 11.8 Å². The van der Waals surface area contributed by atoms with Crippen molar-refractivity contribution in [2.75, 3.05) is 23.3 Å². The molecule has 0 spiro atoms. The Kier molecular flexibility index (Phi) is 5.84. The number of carbonyl (C=O) groups is 2. The lowest BCUT2D eigenvalue weighted by molar-refractivity contribution is -0.125. The van der Waals surface area contributed by atoms with Crippen LogP contribution in [0.2, 0.25) is 0 Å². The van der Waals surface area contributed by atoms with E-state index in [9.17, 15) is 14.4 Å². The van der Waals surface area contributed by atoms with Gasteiger partial charge in [0.25, 0.3) is 5.56 Å². The van der Waals surface area contributed by atoms with Crippen LogP contribution in [0.25, 0.3) is 10.3 Å².